The Kier molecular flexibility index (Phi) is 6.22. The molecule has 3 fully saturated rings. The van der Waals surface area contributed by atoms with Crippen LogP contribution in [0, 0.1) is 18.8 Å². The Morgan fingerprint density at radius 2 is 2.16 bits per heavy atom. The first-order valence-electron chi connectivity index (χ1n) is 11.1. The minimum atomic E-state index is -1.14. The van der Waals surface area contributed by atoms with Crippen molar-refractivity contribution in [3.05, 3.63) is 28.8 Å². The molecule has 1 aromatic carbocycles. The molecule has 4 rings (SSSR count). The van der Waals surface area contributed by atoms with Gasteiger partial charge in [0.15, 0.2) is 0 Å². The van der Waals surface area contributed by atoms with Crippen LogP contribution in [-0.2, 0) is 23.9 Å². The number of ether oxygens (including phenoxy) is 2. The third-order valence-corrected chi connectivity index (χ3v) is 7.41. The number of hydrogen-bond acceptors (Lipinski definition) is 6. The molecule has 1 aromatic rings. The molecule has 6 atom stereocenters. The number of anilines is 1. The van der Waals surface area contributed by atoms with Crippen LogP contribution in [0.4, 0.5) is 5.69 Å². The highest BCUT2D eigenvalue weighted by Gasteiger charge is 2.75. The van der Waals surface area contributed by atoms with E-state index in [-0.39, 0.29) is 19.1 Å². The summed E-state index contributed by atoms with van der Waals surface area (Å²) in [7, 11) is 0. The lowest BCUT2D eigenvalue weighted by Crippen LogP contribution is -2.56. The number of aliphatic hydroxyl groups is 1. The van der Waals surface area contributed by atoms with Gasteiger partial charge in [-0.25, -0.2) is 0 Å². The van der Waals surface area contributed by atoms with Crippen LogP contribution in [-0.4, -0.2) is 64.8 Å². The molecule has 3 aliphatic heterocycles. The molecule has 3 aliphatic rings. The predicted molar refractivity (Wildman–Crippen MR) is 117 cm³/mol. The largest absolute Gasteiger partial charge is 0.466 e. The Hall–Kier alpha value is -2.16. The zero-order valence-corrected chi connectivity index (χ0v) is 19.2. The molecular formula is C23H29ClN2O6. The van der Waals surface area contributed by atoms with Gasteiger partial charge in [0.2, 0.25) is 11.8 Å². The highest BCUT2D eigenvalue weighted by Crippen LogP contribution is 2.59. The molecule has 0 radical (unpaired) electrons. The van der Waals surface area contributed by atoms with Gasteiger partial charge in [-0.2, -0.15) is 0 Å². The lowest BCUT2D eigenvalue weighted by molar-refractivity contribution is -0.155. The van der Waals surface area contributed by atoms with E-state index in [0.717, 1.165) is 5.56 Å². The highest BCUT2D eigenvalue weighted by atomic mass is 35.5. The molecule has 3 saturated heterocycles. The summed E-state index contributed by atoms with van der Waals surface area (Å²) in [6, 6.07) is 3.74. The van der Waals surface area contributed by atoms with Gasteiger partial charge in [0.05, 0.1) is 47.9 Å². The van der Waals surface area contributed by atoms with Crippen LogP contribution in [0.5, 0.6) is 0 Å². The molecule has 174 valence electrons. The van der Waals surface area contributed by atoms with Gasteiger partial charge in [0, 0.05) is 0 Å². The number of amides is 2. The summed E-state index contributed by atoms with van der Waals surface area (Å²) in [6.45, 7) is 5.29. The van der Waals surface area contributed by atoms with Gasteiger partial charge in [0.1, 0.15) is 11.6 Å². The van der Waals surface area contributed by atoms with Gasteiger partial charge in [-0.15, -0.1) is 0 Å². The van der Waals surface area contributed by atoms with Gasteiger partial charge in [-0.3, -0.25) is 14.4 Å². The molecule has 0 aliphatic carbocycles. The van der Waals surface area contributed by atoms with Crippen molar-refractivity contribution < 1.29 is 29.0 Å². The standard InChI is InChI=1S/C23H29ClN2O6/c1-4-13(11-27)26-19(20(28)25-18-12(3)7-6-8-14(18)24)23-10-9-15(32-23)16(17(23)21(26)29)22(30)31-5-2/h6-8,13,15-17,19,27H,4-5,9-11H2,1-3H3,(H,25,28)/t13-,15-,16+,17-,19?,23?/m0/s1. The quantitative estimate of drug-likeness (QED) is 0.600. The van der Waals surface area contributed by atoms with Crippen molar-refractivity contribution in [2.75, 3.05) is 18.5 Å². The summed E-state index contributed by atoms with van der Waals surface area (Å²) in [5.41, 5.74) is 0.116. The average molecular weight is 465 g/mol. The zero-order chi connectivity index (χ0) is 23.2. The van der Waals surface area contributed by atoms with Crippen LogP contribution in [0.3, 0.4) is 0 Å². The van der Waals surface area contributed by atoms with Crippen LogP contribution >= 0.6 is 11.6 Å². The van der Waals surface area contributed by atoms with Crippen molar-refractivity contribution in [1.82, 2.24) is 4.90 Å². The molecular weight excluding hydrogens is 436 g/mol. The van der Waals surface area contributed by atoms with Gasteiger partial charge >= 0.3 is 5.97 Å². The van der Waals surface area contributed by atoms with E-state index in [1.165, 1.54) is 4.90 Å². The summed E-state index contributed by atoms with van der Waals surface area (Å²) in [5.74, 6) is -2.83. The van der Waals surface area contributed by atoms with Gasteiger partial charge in [0.25, 0.3) is 0 Å². The molecule has 9 heteroatoms. The average Bonchev–Trinajstić information content (AvgIpc) is 3.40. The monoisotopic (exact) mass is 464 g/mol. The second-order valence-electron chi connectivity index (χ2n) is 8.72. The number of hydrogen-bond donors (Lipinski definition) is 2. The third kappa shape index (κ3) is 3.31. The number of benzene rings is 1. The van der Waals surface area contributed by atoms with Crippen LogP contribution in [0.15, 0.2) is 18.2 Å². The van der Waals surface area contributed by atoms with E-state index < -0.39 is 47.5 Å². The normalized spacial score (nSPS) is 31.5. The number of fused-ring (bicyclic) bond motifs is 1. The highest BCUT2D eigenvalue weighted by molar-refractivity contribution is 6.34. The maximum absolute atomic E-state index is 13.7. The fourth-order valence-electron chi connectivity index (χ4n) is 5.69. The lowest BCUT2D eigenvalue weighted by Gasteiger charge is -2.36. The predicted octanol–water partition coefficient (Wildman–Crippen LogP) is 2.30. The van der Waals surface area contributed by atoms with Crippen molar-refractivity contribution >= 4 is 35.1 Å². The minimum Gasteiger partial charge on any atom is -0.466 e. The number of rotatable bonds is 7. The molecule has 8 nitrogen and oxygen atoms in total. The fourth-order valence-corrected chi connectivity index (χ4v) is 5.95. The van der Waals surface area contributed by atoms with Crippen molar-refractivity contribution in [3.63, 3.8) is 0 Å². The van der Waals surface area contributed by atoms with Gasteiger partial charge in [-0.1, -0.05) is 30.7 Å². The Morgan fingerprint density at radius 1 is 1.41 bits per heavy atom. The molecule has 0 saturated carbocycles. The summed E-state index contributed by atoms with van der Waals surface area (Å²) < 4.78 is 11.5. The van der Waals surface area contributed by atoms with E-state index >= 15 is 0 Å². The minimum absolute atomic E-state index is 0.198. The van der Waals surface area contributed by atoms with Crippen molar-refractivity contribution in [2.24, 2.45) is 11.8 Å². The number of aryl methyl sites for hydroxylation is 1. The Bertz CT molecular complexity index is 915. The molecule has 2 bridgehead atoms. The fraction of sp³-hybridized carbons (Fsp3) is 0.609. The van der Waals surface area contributed by atoms with Crippen molar-refractivity contribution in [3.8, 4) is 0 Å². The second-order valence-corrected chi connectivity index (χ2v) is 9.13. The third-order valence-electron chi connectivity index (χ3n) is 7.09. The first-order chi connectivity index (χ1) is 15.3. The molecule has 2 N–H and O–H groups in total. The first-order valence-corrected chi connectivity index (χ1v) is 11.5. The van der Waals surface area contributed by atoms with E-state index in [4.69, 9.17) is 21.1 Å². The number of carbonyl (C=O) groups is 3. The van der Waals surface area contributed by atoms with E-state index in [1.54, 1.807) is 19.1 Å². The molecule has 2 unspecified atom stereocenters. The second kappa shape index (κ2) is 8.65. The number of halogens is 1. The molecule has 2 amide bonds. The Labute approximate surface area is 192 Å². The smallest absolute Gasteiger partial charge is 0.312 e. The van der Waals surface area contributed by atoms with Crippen LogP contribution < -0.4 is 5.32 Å². The summed E-state index contributed by atoms with van der Waals surface area (Å²) in [4.78, 5) is 41.6. The van der Waals surface area contributed by atoms with Crippen LogP contribution in [0.2, 0.25) is 5.02 Å². The maximum atomic E-state index is 13.7. The van der Waals surface area contributed by atoms with E-state index in [1.807, 2.05) is 19.9 Å². The topological polar surface area (TPSA) is 105 Å². The Morgan fingerprint density at radius 3 is 2.78 bits per heavy atom. The Balaban J connectivity index is 1.76. The zero-order valence-electron chi connectivity index (χ0n) is 18.5. The SMILES string of the molecule is CCOC(=O)[C@@H]1[C@@H]2CCC3(O2)C(C(=O)Nc2c(C)cccc2Cl)N([C@@H](CC)CO)C(=O)[C@H]13. The molecule has 1 spiro atoms. The summed E-state index contributed by atoms with van der Waals surface area (Å²) in [6.07, 6.45) is 1.03. The van der Waals surface area contributed by atoms with Crippen molar-refractivity contribution in [1.29, 1.82) is 0 Å². The van der Waals surface area contributed by atoms with Crippen LogP contribution in [0.1, 0.15) is 38.7 Å². The van der Waals surface area contributed by atoms with E-state index in [2.05, 4.69) is 5.32 Å². The van der Waals surface area contributed by atoms with Gasteiger partial charge < -0.3 is 24.8 Å². The molecule has 3 heterocycles. The summed E-state index contributed by atoms with van der Waals surface area (Å²) >= 11 is 6.32. The van der Waals surface area contributed by atoms with E-state index in [9.17, 15) is 19.5 Å². The van der Waals surface area contributed by atoms with Crippen molar-refractivity contribution in [2.45, 2.75) is 63.8 Å². The molecule has 32 heavy (non-hydrogen) atoms. The number of aliphatic hydroxyl groups excluding tert-OH is 1. The van der Waals surface area contributed by atoms with E-state index in [0.29, 0.717) is 30.0 Å². The number of nitrogens with one attached hydrogen (secondary N) is 1. The number of para-hydroxylation sites is 1. The lowest BCUT2D eigenvalue weighted by atomic mass is 9.70. The number of nitrogens with zero attached hydrogens (tertiary/aromatic N) is 1. The summed E-state index contributed by atoms with van der Waals surface area (Å²) in [5, 5.41) is 13.3. The first kappa shape index (κ1) is 23.0. The molecule has 0 aromatic heterocycles. The van der Waals surface area contributed by atoms with Gasteiger partial charge in [-0.05, 0) is 44.7 Å². The van der Waals surface area contributed by atoms with Crippen LogP contribution in [0.25, 0.3) is 0 Å². The maximum Gasteiger partial charge on any atom is 0.312 e. The number of likely N-dealkylation sites (tertiary alicyclic amines) is 1. The number of esters is 1. The number of carbonyl (C=O) groups excluding carboxylic acids is 3.